The summed E-state index contributed by atoms with van der Waals surface area (Å²) in [5.41, 5.74) is 1.68. The molecule has 24 heavy (non-hydrogen) atoms. The van der Waals surface area contributed by atoms with Gasteiger partial charge in [0.1, 0.15) is 0 Å². The number of hydrogen-bond acceptors (Lipinski definition) is 4. The summed E-state index contributed by atoms with van der Waals surface area (Å²) < 4.78 is 0. The fourth-order valence-electron chi connectivity index (χ4n) is 2.18. The van der Waals surface area contributed by atoms with E-state index >= 15 is 0 Å². The van der Waals surface area contributed by atoms with E-state index in [2.05, 4.69) is 17.1 Å². The van der Waals surface area contributed by atoms with E-state index in [1.165, 1.54) is 23.2 Å². The molecular weight excluding hydrogens is 360 g/mol. The maximum Gasteiger partial charge on any atom is 0.230 e. The highest BCUT2D eigenvalue weighted by Gasteiger charge is 2.18. The quantitative estimate of drug-likeness (QED) is 0.531. The first-order valence-corrected chi connectivity index (χ1v) is 9.56. The molecule has 0 atom stereocenters. The molecule has 0 bridgehead atoms. The normalized spacial score (nSPS) is 10.6. The molecule has 122 valence electrons. The van der Waals surface area contributed by atoms with Crippen molar-refractivity contribution in [1.82, 2.24) is 4.98 Å². The Morgan fingerprint density at radius 1 is 1.21 bits per heavy atom. The maximum absolute atomic E-state index is 12.1. The third-order valence-electron chi connectivity index (χ3n) is 3.24. The minimum absolute atomic E-state index is 0.0890. The number of rotatable bonds is 5. The second kappa shape index (κ2) is 7.83. The molecule has 0 saturated heterocycles. The Hall–Kier alpha value is -1.82. The molecule has 3 nitrogen and oxygen atoms in total. The molecule has 3 rings (SSSR count). The zero-order valence-electron chi connectivity index (χ0n) is 13.0. The van der Waals surface area contributed by atoms with Crippen LogP contribution in [-0.4, -0.2) is 10.9 Å². The van der Waals surface area contributed by atoms with E-state index in [0.717, 1.165) is 17.1 Å². The zero-order chi connectivity index (χ0) is 16.9. The number of anilines is 2. The van der Waals surface area contributed by atoms with Crippen LogP contribution in [0, 0.1) is 0 Å². The molecule has 0 saturated carbocycles. The number of aromatic nitrogens is 1. The van der Waals surface area contributed by atoms with Gasteiger partial charge in [0.2, 0.25) is 5.91 Å². The SMILES string of the molecule is CC(=O)N(c1cccc(Cl)c1)c1nc(CSc2ccccc2)cs1. The van der Waals surface area contributed by atoms with E-state index in [0.29, 0.717) is 10.2 Å². The van der Waals surface area contributed by atoms with Crippen molar-refractivity contribution in [1.29, 1.82) is 0 Å². The van der Waals surface area contributed by atoms with Crippen molar-refractivity contribution in [3.05, 3.63) is 70.7 Å². The standard InChI is InChI=1S/C18H15ClN2OS2/c1-13(22)21(16-7-5-6-14(19)10-16)18-20-15(12-24-18)11-23-17-8-3-2-4-9-17/h2-10,12H,11H2,1H3. The largest absolute Gasteiger partial charge is 0.274 e. The third-order valence-corrected chi connectivity index (χ3v) is 5.40. The Bertz CT molecular complexity index is 836. The van der Waals surface area contributed by atoms with Gasteiger partial charge in [0.05, 0.1) is 11.4 Å². The van der Waals surface area contributed by atoms with Gasteiger partial charge in [-0.3, -0.25) is 9.69 Å². The van der Waals surface area contributed by atoms with Gasteiger partial charge >= 0.3 is 0 Å². The molecule has 1 aromatic heterocycles. The number of carbonyl (C=O) groups excluding carboxylic acids is 1. The van der Waals surface area contributed by atoms with Crippen molar-refractivity contribution >= 4 is 51.4 Å². The smallest absolute Gasteiger partial charge is 0.230 e. The van der Waals surface area contributed by atoms with Gasteiger partial charge in [-0.05, 0) is 30.3 Å². The number of halogens is 1. The van der Waals surface area contributed by atoms with Gasteiger partial charge in [-0.2, -0.15) is 0 Å². The molecular formula is C18H15ClN2OS2. The molecule has 0 N–H and O–H groups in total. The molecule has 3 aromatic rings. The summed E-state index contributed by atoms with van der Waals surface area (Å²) in [5, 5.41) is 3.25. The number of nitrogens with zero attached hydrogens (tertiary/aromatic N) is 2. The maximum atomic E-state index is 12.1. The molecule has 0 aliphatic rings. The molecule has 0 fully saturated rings. The van der Waals surface area contributed by atoms with Crippen LogP contribution >= 0.6 is 34.7 Å². The minimum atomic E-state index is -0.0890. The Labute approximate surface area is 154 Å². The summed E-state index contributed by atoms with van der Waals surface area (Å²) in [6.07, 6.45) is 0. The molecule has 0 unspecified atom stereocenters. The molecule has 0 radical (unpaired) electrons. The van der Waals surface area contributed by atoms with Gasteiger partial charge in [-0.15, -0.1) is 23.1 Å². The van der Waals surface area contributed by atoms with Crippen LogP contribution < -0.4 is 4.90 Å². The zero-order valence-corrected chi connectivity index (χ0v) is 15.4. The Morgan fingerprint density at radius 2 is 2.00 bits per heavy atom. The van der Waals surface area contributed by atoms with Crippen molar-refractivity contribution in [2.75, 3.05) is 4.90 Å². The number of amides is 1. The monoisotopic (exact) mass is 374 g/mol. The van der Waals surface area contributed by atoms with E-state index in [4.69, 9.17) is 11.6 Å². The van der Waals surface area contributed by atoms with Crippen LogP contribution in [-0.2, 0) is 10.5 Å². The van der Waals surface area contributed by atoms with E-state index in [1.54, 1.807) is 28.8 Å². The number of carbonyl (C=O) groups is 1. The lowest BCUT2D eigenvalue weighted by Gasteiger charge is -2.18. The molecule has 0 aliphatic heterocycles. The van der Waals surface area contributed by atoms with Crippen molar-refractivity contribution in [2.45, 2.75) is 17.6 Å². The van der Waals surface area contributed by atoms with E-state index in [9.17, 15) is 4.79 Å². The van der Waals surface area contributed by atoms with Gasteiger partial charge < -0.3 is 0 Å². The lowest BCUT2D eigenvalue weighted by atomic mass is 10.3. The lowest BCUT2D eigenvalue weighted by Crippen LogP contribution is -2.22. The first-order valence-electron chi connectivity index (χ1n) is 7.32. The minimum Gasteiger partial charge on any atom is -0.274 e. The molecule has 0 spiro atoms. The van der Waals surface area contributed by atoms with Crippen molar-refractivity contribution in [2.24, 2.45) is 0 Å². The lowest BCUT2D eigenvalue weighted by molar-refractivity contribution is -0.115. The highest BCUT2D eigenvalue weighted by Crippen LogP contribution is 2.32. The van der Waals surface area contributed by atoms with Crippen LogP contribution in [0.4, 0.5) is 10.8 Å². The van der Waals surface area contributed by atoms with Crippen molar-refractivity contribution in [3.63, 3.8) is 0 Å². The van der Waals surface area contributed by atoms with Crippen LogP contribution in [0.25, 0.3) is 0 Å². The highest BCUT2D eigenvalue weighted by atomic mass is 35.5. The predicted octanol–water partition coefficient (Wildman–Crippen LogP) is 5.77. The van der Waals surface area contributed by atoms with Crippen LogP contribution in [0.3, 0.4) is 0 Å². The molecule has 1 amide bonds. The van der Waals surface area contributed by atoms with E-state index < -0.39 is 0 Å². The average Bonchev–Trinajstić information content (AvgIpc) is 3.02. The van der Waals surface area contributed by atoms with Crippen LogP contribution in [0.15, 0.2) is 64.9 Å². The van der Waals surface area contributed by atoms with E-state index in [-0.39, 0.29) is 5.91 Å². The molecule has 2 aromatic carbocycles. The second-order valence-corrected chi connectivity index (χ2v) is 7.38. The first-order chi connectivity index (χ1) is 11.6. The molecule has 1 heterocycles. The number of benzene rings is 2. The topological polar surface area (TPSA) is 33.2 Å². The number of thioether (sulfide) groups is 1. The summed E-state index contributed by atoms with van der Waals surface area (Å²) in [4.78, 5) is 19.5. The summed E-state index contributed by atoms with van der Waals surface area (Å²) in [5.74, 6) is 0.677. The Kier molecular flexibility index (Phi) is 5.56. The van der Waals surface area contributed by atoms with Gasteiger partial charge in [0.15, 0.2) is 5.13 Å². The van der Waals surface area contributed by atoms with Gasteiger partial charge in [0, 0.05) is 28.0 Å². The van der Waals surface area contributed by atoms with Crippen molar-refractivity contribution in [3.8, 4) is 0 Å². The fourth-order valence-corrected chi connectivity index (χ4v) is 4.17. The van der Waals surface area contributed by atoms with Crippen LogP contribution in [0.5, 0.6) is 0 Å². The summed E-state index contributed by atoms with van der Waals surface area (Å²) >= 11 is 9.23. The molecule has 6 heteroatoms. The summed E-state index contributed by atoms with van der Waals surface area (Å²) in [6, 6.07) is 17.4. The van der Waals surface area contributed by atoms with Crippen LogP contribution in [0.2, 0.25) is 5.02 Å². The fraction of sp³-hybridized carbons (Fsp3) is 0.111. The first kappa shape index (κ1) is 17.0. The second-order valence-electron chi connectivity index (χ2n) is 5.06. The summed E-state index contributed by atoms with van der Waals surface area (Å²) in [7, 11) is 0. The predicted molar refractivity (Wildman–Crippen MR) is 102 cm³/mol. The average molecular weight is 375 g/mol. The van der Waals surface area contributed by atoms with Gasteiger partial charge in [-0.1, -0.05) is 35.9 Å². The number of thiazole rings is 1. The van der Waals surface area contributed by atoms with E-state index in [1.807, 2.05) is 35.7 Å². The van der Waals surface area contributed by atoms with Crippen LogP contribution in [0.1, 0.15) is 12.6 Å². The third kappa shape index (κ3) is 4.17. The van der Waals surface area contributed by atoms with Crippen molar-refractivity contribution < 1.29 is 4.79 Å². The highest BCUT2D eigenvalue weighted by molar-refractivity contribution is 7.98. The molecule has 0 aliphatic carbocycles. The Morgan fingerprint density at radius 3 is 2.71 bits per heavy atom. The summed E-state index contributed by atoms with van der Waals surface area (Å²) in [6.45, 7) is 1.53. The number of hydrogen-bond donors (Lipinski definition) is 0. The Balaban J connectivity index is 1.78. The van der Waals surface area contributed by atoms with Gasteiger partial charge in [-0.25, -0.2) is 4.98 Å². The van der Waals surface area contributed by atoms with Gasteiger partial charge in [0.25, 0.3) is 0 Å².